The summed E-state index contributed by atoms with van der Waals surface area (Å²) in [5.41, 5.74) is 2.86. The monoisotopic (exact) mass is 322 g/mol. The predicted octanol–water partition coefficient (Wildman–Crippen LogP) is 3.37. The molecule has 2 rings (SSSR count). The molecule has 1 aromatic carbocycles. The molecule has 0 unspecified atom stereocenters. The van der Waals surface area contributed by atoms with Gasteiger partial charge in [-0.25, -0.2) is 22.8 Å². The quantitative estimate of drug-likeness (QED) is 0.810. The number of nitrogens with zero attached hydrogens (tertiary/aromatic N) is 2. The minimum absolute atomic E-state index is 0.0673. The van der Waals surface area contributed by atoms with E-state index in [1.165, 1.54) is 12.1 Å². The molecule has 2 aromatic rings. The molecule has 0 amide bonds. The summed E-state index contributed by atoms with van der Waals surface area (Å²) < 4.78 is 36.9. The molecule has 0 aliphatic carbocycles. The van der Waals surface area contributed by atoms with Crippen LogP contribution in [0.5, 0.6) is 0 Å². The zero-order chi connectivity index (χ0) is 16.5. The smallest absolute Gasteiger partial charge is 0.223 e. The molecular weight excluding hydrogens is 303 g/mol. The highest BCUT2D eigenvalue weighted by Gasteiger charge is 2.21. The molecule has 0 saturated carbocycles. The van der Waals surface area contributed by atoms with Crippen molar-refractivity contribution in [1.82, 2.24) is 9.97 Å². The average Bonchev–Trinajstić information content (AvgIpc) is 2.45. The first-order valence-electron chi connectivity index (χ1n) is 7.10. The predicted molar refractivity (Wildman–Crippen MR) is 84.0 cm³/mol. The van der Waals surface area contributed by atoms with Gasteiger partial charge in [0.2, 0.25) is 15.0 Å². The highest BCUT2D eigenvalue weighted by Crippen LogP contribution is 2.29. The van der Waals surface area contributed by atoms with E-state index in [9.17, 15) is 12.8 Å². The van der Waals surface area contributed by atoms with Gasteiger partial charge in [-0.1, -0.05) is 20.8 Å². The first-order chi connectivity index (χ1) is 10.2. The number of halogens is 1. The van der Waals surface area contributed by atoms with Crippen molar-refractivity contribution in [1.29, 1.82) is 0 Å². The van der Waals surface area contributed by atoms with Crippen LogP contribution in [0.1, 0.15) is 37.9 Å². The Hall–Kier alpha value is -1.82. The van der Waals surface area contributed by atoms with Crippen molar-refractivity contribution < 1.29 is 12.8 Å². The lowest BCUT2D eigenvalue weighted by Gasteiger charge is -2.16. The molecule has 1 aromatic heterocycles. The van der Waals surface area contributed by atoms with Crippen LogP contribution < -0.4 is 0 Å². The number of rotatable bonds is 4. The fraction of sp³-hybridized carbons (Fsp3) is 0.375. The van der Waals surface area contributed by atoms with E-state index in [0.717, 1.165) is 17.5 Å². The van der Waals surface area contributed by atoms with Crippen molar-refractivity contribution in [2.24, 2.45) is 0 Å². The van der Waals surface area contributed by atoms with Crippen LogP contribution in [-0.2, 0) is 16.3 Å². The van der Waals surface area contributed by atoms with Gasteiger partial charge in [-0.2, -0.15) is 0 Å². The van der Waals surface area contributed by atoms with E-state index in [2.05, 4.69) is 9.97 Å². The summed E-state index contributed by atoms with van der Waals surface area (Å²) in [6.45, 7) is 5.89. The van der Waals surface area contributed by atoms with E-state index >= 15 is 0 Å². The Bertz CT molecular complexity index is 785. The summed E-state index contributed by atoms with van der Waals surface area (Å²) in [7, 11) is -3.52. The van der Waals surface area contributed by atoms with Crippen molar-refractivity contribution in [3.63, 3.8) is 0 Å². The van der Waals surface area contributed by atoms with Gasteiger partial charge in [0, 0.05) is 17.4 Å². The third-order valence-electron chi connectivity index (χ3n) is 3.37. The fourth-order valence-electron chi connectivity index (χ4n) is 2.32. The number of hydrogen-bond donors (Lipinski definition) is 0. The molecule has 118 valence electrons. The number of sulfone groups is 1. The molecule has 0 aliphatic rings. The highest BCUT2D eigenvalue weighted by atomic mass is 32.2. The van der Waals surface area contributed by atoms with Crippen LogP contribution in [0, 0.1) is 5.82 Å². The van der Waals surface area contributed by atoms with Crippen LogP contribution in [-0.4, -0.2) is 24.6 Å². The molecule has 0 spiro atoms. The maximum absolute atomic E-state index is 13.1. The van der Waals surface area contributed by atoms with Gasteiger partial charge in [-0.3, -0.25) is 0 Å². The second-order valence-corrected chi connectivity index (χ2v) is 7.42. The Balaban J connectivity index is 2.80. The average molecular weight is 322 g/mol. The first kappa shape index (κ1) is 16.5. The van der Waals surface area contributed by atoms with Crippen LogP contribution in [0.25, 0.3) is 11.3 Å². The van der Waals surface area contributed by atoms with Crippen molar-refractivity contribution in [3.8, 4) is 11.3 Å². The fourth-order valence-corrected chi connectivity index (χ4v) is 2.84. The summed E-state index contributed by atoms with van der Waals surface area (Å²) >= 11 is 0. The Morgan fingerprint density at radius 3 is 2.18 bits per heavy atom. The lowest BCUT2D eigenvalue weighted by Crippen LogP contribution is -2.12. The van der Waals surface area contributed by atoms with Gasteiger partial charge >= 0.3 is 0 Å². The van der Waals surface area contributed by atoms with Crippen LogP contribution >= 0.6 is 0 Å². The first-order valence-corrected chi connectivity index (χ1v) is 9.00. The largest absolute Gasteiger partial charge is 0.247 e. The molecule has 22 heavy (non-hydrogen) atoms. The molecule has 1 heterocycles. The maximum atomic E-state index is 13.1. The van der Waals surface area contributed by atoms with Gasteiger partial charge in [-0.05, 0) is 36.6 Å². The molecule has 0 fully saturated rings. The molecule has 4 nitrogen and oxygen atoms in total. The van der Waals surface area contributed by atoms with Crippen LogP contribution in [0.2, 0.25) is 0 Å². The van der Waals surface area contributed by atoms with Crippen molar-refractivity contribution in [3.05, 3.63) is 41.3 Å². The summed E-state index contributed by atoms with van der Waals surface area (Å²) in [6.07, 6.45) is 1.76. The van der Waals surface area contributed by atoms with Gasteiger partial charge in [0.1, 0.15) is 5.82 Å². The second-order valence-electron chi connectivity index (χ2n) is 5.51. The maximum Gasteiger partial charge on any atom is 0.247 e. The second kappa shape index (κ2) is 6.12. The molecule has 0 atom stereocenters. The van der Waals surface area contributed by atoms with Gasteiger partial charge in [0.05, 0.1) is 11.4 Å². The topological polar surface area (TPSA) is 59.9 Å². The van der Waals surface area contributed by atoms with E-state index in [1.54, 1.807) is 12.1 Å². The standard InChI is InChI=1S/C16H19FN2O2S/c1-5-13-14(10(2)3)18-16(22(4,20)21)19-15(13)11-6-8-12(17)9-7-11/h6-10H,5H2,1-4H3. The van der Waals surface area contributed by atoms with Gasteiger partial charge in [0.25, 0.3) is 0 Å². The number of aromatic nitrogens is 2. The number of hydrogen-bond acceptors (Lipinski definition) is 4. The van der Waals surface area contributed by atoms with E-state index in [0.29, 0.717) is 17.7 Å². The van der Waals surface area contributed by atoms with E-state index in [1.807, 2.05) is 20.8 Å². The van der Waals surface area contributed by atoms with Gasteiger partial charge in [-0.15, -0.1) is 0 Å². The Labute approximate surface area is 130 Å². The molecule has 0 aliphatic heterocycles. The molecule has 0 bridgehead atoms. The Kier molecular flexibility index (Phi) is 4.60. The lowest BCUT2D eigenvalue weighted by atomic mass is 9.97. The van der Waals surface area contributed by atoms with Crippen LogP contribution in [0.4, 0.5) is 4.39 Å². The Morgan fingerprint density at radius 1 is 1.14 bits per heavy atom. The molecule has 0 saturated heterocycles. The molecule has 6 heteroatoms. The summed E-state index contributed by atoms with van der Waals surface area (Å²) in [4.78, 5) is 8.48. The lowest BCUT2D eigenvalue weighted by molar-refractivity contribution is 0.590. The molecular formula is C16H19FN2O2S. The van der Waals surface area contributed by atoms with Crippen LogP contribution in [0.3, 0.4) is 0 Å². The summed E-state index contributed by atoms with van der Waals surface area (Å²) in [5.74, 6) is -0.277. The zero-order valence-corrected chi connectivity index (χ0v) is 13.9. The van der Waals surface area contributed by atoms with Crippen molar-refractivity contribution in [2.75, 3.05) is 6.26 Å². The Morgan fingerprint density at radius 2 is 1.73 bits per heavy atom. The summed E-state index contributed by atoms with van der Waals surface area (Å²) in [6, 6.07) is 5.89. The van der Waals surface area contributed by atoms with Crippen LogP contribution in [0.15, 0.2) is 29.4 Å². The minimum Gasteiger partial charge on any atom is -0.223 e. The summed E-state index contributed by atoms with van der Waals surface area (Å²) in [5, 5.41) is -0.187. The third-order valence-corrected chi connectivity index (χ3v) is 4.21. The molecule has 0 radical (unpaired) electrons. The normalized spacial score (nSPS) is 11.9. The highest BCUT2D eigenvalue weighted by molar-refractivity contribution is 7.90. The van der Waals surface area contributed by atoms with Gasteiger partial charge < -0.3 is 0 Å². The van der Waals surface area contributed by atoms with Crippen molar-refractivity contribution >= 4 is 9.84 Å². The third kappa shape index (κ3) is 3.32. The molecule has 0 N–H and O–H groups in total. The zero-order valence-electron chi connectivity index (χ0n) is 13.1. The van der Waals surface area contributed by atoms with Gasteiger partial charge in [0.15, 0.2) is 0 Å². The minimum atomic E-state index is -3.52. The van der Waals surface area contributed by atoms with E-state index in [4.69, 9.17) is 0 Å². The number of benzene rings is 1. The van der Waals surface area contributed by atoms with Crippen molar-refractivity contribution in [2.45, 2.75) is 38.3 Å². The van der Waals surface area contributed by atoms with E-state index in [-0.39, 0.29) is 16.9 Å². The van der Waals surface area contributed by atoms with E-state index < -0.39 is 9.84 Å². The SMILES string of the molecule is CCc1c(-c2ccc(F)cc2)nc(S(C)(=O)=O)nc1C(C)C.